The first kappa shape index (κ1) is 9.96. The lowest BCUT2D eigenvalue weighted by Crippen LogP contribution is -2.11. The number of rotatable bonds is 2. The van der Waals surface area contributed by atoms with Gasteiger partial charge in [0.05, 0.1) is 34.9 Å². The number of nitrogens with two attached hydrogens (primary N) is 1. The molecule has 0 bridgehead atoms. The predicted octanol–water partition coefficient (Wildman–Crippen LogP) is 0.459. The Kier molecular flexibility index (Phi) is 3.23. The zero-order valence-electron chi connectivity index (χ0n) is 6.84. The Morgan fingerprint density at radius 3 is 2.92 bits per heavy atom. The van der Waals surface area contributed by atoms with Gasteiger partial charge in [-0.05, 0) is 6.92 Å². The highest BCUT2D eigenvalue weighted by molar-refractivity contribution is 14.1. The van der Waals surface area contributed by atoms with Crippen molar-refractivity contribution in [2.45, 2.75) is 6.92 Å². The van der Waals surface area contributed by atoms with E-state index in [1.807, 2.05) is 22.9 Å². The van der Waals surface area contributed by atoms with E-state index in [2.05, 4.69) is 18.5 Å². The number of anilines is 1. The van der Waals surface area contributed by atoms with Crippen LogP contribution in [0.3, 0.4) is 0 Å². The van der Waals surface area contributed by atoms with Crippen LogP contribution in [0.2, 0.25) is 0 Å². The SMILES string of the molecule is Cc1nc(NI)[nH]c(=O)c1N=CN. The second-order valence-corrected chi connectivity index (χ2v) is 2.76. The van der Waals surface area contributed by atoms with Gasteiger partial charge in [0.1, 0.15) is 0 Å². The van der Waals surface area contributed by atoms with Crippen molar-refractivity contribution in [1.82, 2.24) is 9.97 Å². The number of nitrogens with one attached hydrogen (secondary N) is 2. The Morgan fingerprint density at radius 2 is 2.46 bits per heavy atom. The van der Waals surface area contributed by atoms with Crippen molar-refractivity contribution in [2.75, 3.05) is 3.53 Å². The van der Waals surface area contributed by atoms with Gasteiger partial charge in [0.2, 0.25) is 5.95 Å². The minimum atomic E-state index is -0.312. The molecular weight excluding hydrogens is 285 g/mol. The lowest BCUT2D eigenvalue weighted by Gasteiger charge is -2.00. The van der Waals surface area contributed by atoms with Crippen LogP contribution in [0.5, 0.6) is 0 Å². The van der Waals surface area contributed by atoms with E-state index in [0.717, 1.165) is 6.34 Å². The fourth-order valence-electron chi connectivity index (χ4n) is 0.851. The molecule has 0 aliphatic rings. The number of hydrogen-bond donors (Lipinski definition) is 3. The first-order valence-electron chi connectivity index (χ1n) is 3.41. The lowest BCUT2D eigenvalue weighted by atomic mass is 10.4. The standard InChI is InChI=1S/C6H8IN5O/c1-3-4(9-2-8)5(13)11-6(10-3)12-7/h2H,1H3,(H2,8,9)(H2,10,11,12,13). The summed E-state index contributed by atoms with van der Waals surface area (Å²) in [4.78, 5) is 21.5. The molecule has 0 aromatic carbocycles. The van der Waals surface area contributed by atoms with Gasteiger partial charge in [-0.3, -0.25) is 13.3 Å². The van der Waals surface area contributed by atoms with Crippen LogP contribution < -0.4 is 14.8 Å². The third-order valence-electron chi connectivity index (χ3n) is 1.36. The summed E-state index contributed by atoms with van der Waals surface area (Å²) in [5, 5.41) is 0. The van der Waals surface area contributed by atoms with Gasteiger partial charge in [0.15, 0.2) is 5.69 Å². The quantitative estimate of drug-likeness (QED) is 0.319. The summed E-state index contributed by atoms with van der Waals surface area (Å²) in [6, 6.07) is 0. The van der Waals surface area contributed by atoms with E-state index in [0.29, 0.717) is 11.6 Å². The molecule has 1 heterocycles. The summed E-state index contributed by atoms with van der Waals surface area (Å²) in [5.74, 6) is 0.402. The number of aliphatic imine (C=N–C) groups is 1. The van der Waals surface area contributed by atoms with Crippen molar-refractivity contribution in [2.24, 2.45) is 10.7 Å². The molecule has 1 rings (SSSR count). The fraction of sp³-hybridized carbons (Fsp3) is 0.167. The molecule has 6 nitrogen and oxygen atoms in total. The number of aromatic amines is 1. The van der Waals surface area contributed by atoms with Crippen LogP contribution in [-0.2, 0) is 0 Å². The number of nitrogens with zero attached hydrogens (tertiary/aromatic N) is 2. The third-order valence-corrected chi connectivity index (χ3v) is 1.87. The van der Waals surface area contributed by atoms with E-state index in [-0.39, 0.29) is 11.2 Å². The van der Waals surface area contributed by atoms with Gasteiger partial charge in [-0.15, -0.1) is 0 Å². The molecule has 0 saturated carbocycles. The van der Waals surface area contributed by atoms with Crippen LogP contribution >= 0.6 is 22.9 Å². The number of H-pyrrole nitrogens is 1. The molecule has 0 fully saturated rings. The number of halogens is 1. The van der Waals surface area contributed by atoms with Gasteiger partial charge in [0, 0.05) is 0 Å². The topological polar surface area (TPSA) is 96.2 Å². The maximum absolute atomic E-state index is 11.3. The van der Waals surface area contributed by atoms with Gasteiger partial charge in [0.25, 0.3) is 5.56 Å². The average molecular weight is 293 g/mol. The van der Waals surface area contributed by atoms with E-state index >= 15 is 0 Å². The molecule has 0 spiro atoms. The molecule has 4 N–H and O–H groups in total. The molecule has 0 saturated heterocycles. The van der Waals surface area contributed by atoms with Gasteiger partial charge in [-0.25, -0.2) is 9.98 Å². The smallest absolute Gasteiger partial charge is 0.278 e. The second kappa shape index (κ2) is 4.21. The monoisotopic (exact) mass is 293 g/mol. The van der Waals surface area contributed by atoms with E-state index in [1.165, 1.54) is 0 Å². The van der Waals surface area contributed by atoms with Crippen molar-refractivity contribution in [3.8, 4) is 0 Å². The third kappa shape index (κ3) is 2.17. The Morgan fingerprint density at radius 1 is 1.77 bits per heavy atom. The van der Waals surface area contributed by atoms with Crippen LogP contribution in [0, 0.1) is 6.92 Å². The van der Waals surface area contributed by atoms with Crippen molar-refractivity contribution in [1.29, 1.82) is 0 Å². The van der Waals surface area contributed by atoms with Crippen molar-refractivity contribution < 1.29 is 0 Å². The summed E-state index contributed by atoms with van der Waals surface area (Å²) in [6.45, 7) is 1.69. The lowest BCUT2D eigenvalue weighted by molar-refractivity contribution is 1.08. The Balaban J connectivity index is 3.31. The van der Waals surface area contributed by atoms with Gasteiger partial charge in [-0.1, -0.05) is 0 Å². The highest BCUT2D eigenvalue weighted by atomic mass is 127. The summed E-state index contributed by atoms with van der Waals surface area (Å²) in [5.41, 5.74) is 5.53. The van der Waals surface area contributed by atoms with E-state index in [1.54, 1.807) is 6.92 Å². The highest BCUT2D eigenvalue weighted by Crippen LogP contribution is 2.10. The number of hydrogen-bond acceptors (Lipinski definition) is 4. The molecular formula is C6H8IN5O. The molecule has 0 atom stereocenters. The number of aryl methyl sites for hydroxylation is 1. The van der Waals surface area contributed by atoms with Crippen LogP contribution in [-0.4, -0.2) is 16.3 Å². The highest BCUT2D eigenvalue weighted by Gasteiger charge is 2.04. The van der Waals surface area contributed by atoms with Crippen molar-refractivity contribution in [3.63, 3.8) is 0 Å². The molecule has 1 aromatic rings. The summed E-state index contributed by atoms with van der Waals surface area (Å²) in [7, 11) is 0. The molecule has 1 aromatic heterocycles. The Hall–Kier alpha value is -1.12. The molecule has 7 heteroatoms. The van der Waals surface area contributed by atoms with E-state index < -0.39 is 0 Å². The maximum Gasteiger partial charge on any atom is 0.278 e. The number of aromatic nitrogens is 2. The molecule has 13 heavy (non-hydrogen) atoms. The minimum absolute atomic E-state index is 0.234. The fourth-order valence-corrected chi connectivity index (χ4v) is 1.11. The average Bonchev–Trinajstić information content (AvgIpc) is 2.11. The zero-order valence-corrected chi connectivity index (χ0v) is 8.99. The largest absolute Gasteiger partial charge is 0.390 e. The Labute approximate surface area is 88.2 Å². The van der Waals surface area contributed by atoms with Gasteiger partial charge in [-0.2, -0.15) is 0 Å². The second-order valence-electron chi connectivity index (χ2n) is 2.22. The van der Waals surface area contributed by atoms with Crippen molar-refractivity contribution in [3.05, 3.63) is 16.0 Å². The first-order chi connectivity index (χ1) is 6.19. The molecule has 70 valence electrons. The van der Waals surface area contributed by atoms with Crippen LogP contribution in [0.15, 0.2) is 9.79 Å². The van der Waals surface area contributed by atoms with Crippen LogP contribution in [0.4, 0.5) is 11.6 Å². The van der Waals surface area contributed by atoms with Crippen LogP contribution in [0.25, 0.3) is 0 Å². The molecule has 0 amide bonds. The first-order valence-corrected chi connectivity index (χ1v) is 4.48. The predicted molar refractivity (Wildman–Crippen MR) is 59.6 cm³/mol. The normalized spacial score (nSPS) is 10.6. The summed E-state index contributed by atoms with van der Waals surface area (Å²) < 4.78 is 2.70. The van der Waals surface area contributed by atoms with Gasteiger partial charge < -0.3 is 5.73 Å². The molecule has 0 unspecified atom stereocenters. The van der Waals surface area contributed by atoms with E-state index in [9.17, 15) is 4.79 Å². The maximum atomic E-state index is 11.3. The van der Waals surface area contributed by atoms with Crippen molar-refractivity contribution >= 4 is 40.8 Å². The van der Waals surface area contributed by atoms with Gasteiger partial charge >= 0.3 is 0 Å². The molecule has 0 aliphatic heterocycles. The van der Waals surface area contributed by atoms with E-state index in [4.69, 9.17) is 5.73 Å². The summed E-state index contributed by atoms with van der Waals surface area (Å²) in [6.07, 6.45) is 1.07. The van der Waals surface area contributed by atoms with Crippen LogP contribution in [0.1, 0.15) is 5.69 Å². The Bertz CT molecular complexity index is 385. The molecule has 0 radical (unpaired) electrons. The zero-order chi connectivity index (χ0) is 9.84. The minimum Gasteiger partial charge on any atom is -0.390 e. The molecule has 0 aliphatic carbocycles. The summed E-state index contributed by atoms with van der Waals surface area (Å²) >= 11 is 1.87.